The van der Waals surface area contributed by atoms with Crippen LogP contribution in [0, 0.1) is 5.82 Å². The minimum absolute atomic E-state index is 0.269. The van der Waals surface area contributed by atoms with Crippen LogP contribution in [0.3, 0.4) is 0 Å². The molecule has 2 rings (SSSR count). The summed E-state index contributed by atoms with van der Waals surface area (Å²) in [6.07, 6.45) is 3.55. The average Bonchev–Trinajstić information content (AvgIpc) is 2.40. The molecule has 0 saturated heterocycles. The molecule has 1 aromatic heterocycles. The first-order valence-electron chi connectivity index (χ1n) is 5.71. The van der Waals surface area contributed by atoms with Crippen LogP contribution in [0.15, 0.2) is 42.7 Å². The maximum Gasteiger partial charge on any atom is 0.165 e. The number of hydrogen-bond donors (Lipinski definition) is 1. The maximum atomic E-state index is 13.4. The quantitative estimate of drug-likeness (QED) is 0.880. The normalized spacial score (nSPS) is 10.3. The Kier molecular flexibility index (Phi) is 4.25. The molecule has 0 fully saturated rings. The first-order chi connectivity index (χ1) is 8.79. The summed E-state index contributed by atoms with van der Waals surface area (Å²) in [7, 11) is 1.46. The van der Waals surface area contributed by atoms with Crippen LogP contribution in [0.2, 0.25) is 0 Å². The van der Waals surface area contributed by atoms with Gasteiger partial charge in [0.2, 0.25) is 0 Å². The first-order valence-corrected chi connectivity index (χ1v) is 5.71. The zero-order valence-electron chi connectivity index (χ0n) is 10.2. The van der Waals surface area contributed by atoms with Gasteiger partial charge in [0.15, 0.2) is 11.6 Å². The maximum absolute atomic E-state index is 13.4. The standard InChI is InChI=1S/C14H15FN2O/c1-18-14-5-4-11(7-13(14)15)8-17-10-12-3-2-6-16-9-12/h2-7,9,17H,8,10H2,1H3. The molecule has 2 aromatic rings. The Morgan fingerprint density at radius 1 is 1.22 bits per heavy atom. The minimum atomic E-state index is -0.335. The van der Waals surface area contributed by atoms with Crippen LogP contribution in [0.1, 0.15) is 11.1 Å². The predicted molar refractivity (Wildman–Crippen MR) is 67.7 cm³/mol. The number of methoxy groups -OCH3 is 1. The van der Waals surface area contributed by atoms with E-state index in [1.54, 1.807) is 12.3 Å². The van der Waals surface area contributed by atoms with E-state index in [1.165, 1.54) is 13.2 Å². The zero-order chi connectivity index (χ0) is 12.8. The minimum Gasteiger partial charge on any atom is -0.494 e. The number of aromatic nitrogens is 1. The van der Waals surface area contributed by atoms with E-state index in [0.717, 1.165) is 11.1 Å². The zero-order valence-corrected chi connectivity index (χ0v) is 10.2. The third-order valence-electron chi connectivity index (χ3n) is 2.60. The van der Waals surface area contributed by atoms with Crippen LogP contribution in [0.5, 0.6) is 5.75 Å². The van der Waals surface area contributed by atoms with Gasteiger partial charge in [-0.2, -0.15) is 0 Å². The molecule has 1 heterocycles. The number of nitrogens with zero attached hydrogens (tertiary/aromatic N) is 1. The van der Waals surface area contributed by atoms with E-state index < -0.39 is 0 Å². The molecule has 18 heavy (non-hydrogen) atoms. The van der Waals surface area contributed by atoms with Gasteiger partial charge in [0, 0.05) is 25.5 Å². The molecule has 94 valence electrons. The Balaban J connectivity index is 1.89. The third-order valence-corrected chi connectivity index (χ3v) is 2.60. The van der Waals surface area contributed by atoms with E-state index in [4.69, 9.17) is 4.74 Å². The Bertz CT molecular complexity index is 502. The van der Waals surface area contributed by atoms with E-state index in [1.807, 2.05) is 24.4 Å². The summed E-state index contributed by atoms with van der Waals surface area (Å²) in [6, 6.07) is 8.85. The van der Waals surface area contributed by atoms with Gasteiger partial charge in [-0.15, -0.1) is 0 Å². The molecule has 0 radical (unpaired) electrons. The van der Waals surface area contributed by atoms with Crippen molar-refractivity contribution in [1.82, 2.24) is 10.3 Å². The van der Waals surface area contributed by atoms with Crippen LogP contribution >= 0.6 is 0 Å². The van der Waals surface area contributed by atoms with Crippen molar-refractivity contribution in [3.8, 4) is 5.75 Å². The van der Waals surface area contributed by atoms with Gasteiger partial charge in [0.1, 0.15) is 0 Å². The molecule has 0 amide bonds. The number of pyridine rings is 1. The van der Waals surface area contributed by atoms with Gasteiger partial charge in [-0.25, -0.2) is 4.39 Å². The van der Waals surface area contributed by atoms with Crippen molar-refractivity contribution in [3.05, 3.63) is 59.7 Å². The highest BCUT2D eigenvalue weighted by molar-refractivity contribution is 5.29. The van der Waals surface area contributed by atoms with Crippen LogP contribution in [-0.2, 0) is 13.1 Å². The second-order valence-corrected chi connectivity index (χ2v) is 3.93. The van der Waals surface area contributed by atoms with Gasteiger partial charge in [-0.1, -0.05) is 12.1 Å². The second kappa shape index (κ2) is 6.12. The van der Waals surface area contributed by atoms with Crippen molar-refractivity contribution in [2.45, 2.75) is 13.1 Å². The van der Waals surface area contributed by atoms with E-state index >= 15 is 0 Å². The fraction of sp³-hybridized carbons (Fsp3) is 0.214. The van der Waals surface area contributed by atoms with Crippen molar-refractivity contribution in [2.75, 3.05) is 7.11 Å². The molecular formula is C14H15FN2O. The van der Waals surface area contributed by atoms with Crippen molar-refractivity contribution >= 4 is 0 Å². The molecule has 0 bridgehead atoms. The fourth-order valence-corrected chi connectivity index (χ4v) is 1.67. The number of benzene rings is 1. The highest BCUT2D eigenvalue weighted by Gasteiger charge is 2.03. The highest BCUT2D eigenvalue weighted by Crippen LogP contribution is 2.17. The monoisotopic (exact) mass is 246 g/mol. The van der Waals surface area contributed by atoms with Crippen LogP contribution in [-0.4, -0.2) is 12.1 Å². The van der Waals surface area contributed by atoms with Crippen LogP contribution < -0.4 is 10.1 Å². The number of nitrogens with one attached hydrogen (secondary N) is 1. The summed E-state index contributed by atoms with van der Waals surface area (Å²) >= 11 is 0. The molecule has 0 saturated carbocycles. The molecule has 0 aliphatic rings. The van der Waals surface area contributed by atoms with Gasteiger partial charge in [-0.05, 0) is 29.3 Å². The lowest BCUT2D eigenvalue weighted by Gasteiger charge is -2.07. The lowest BCUT2D eigenvalue weighted by Crippen LogP contribution is -2.12. The van der Waals surface area contributed by atoms with Gasteiger partial charge in [-0.3, -0.25) is 4.98 Å². The second-order valence-electron chi connectivity index (χ2n) is 3.93. The lowest BCUT2D eigenvalue weighted by molar-refractivity contribution is 0.386. The van der Waals surface area contributed by atoms with Gasteiger partial charge >= 0.3 is 0 Å². The van der Waals surface area contributed by atoms with Crippen LogP contribution in [0.25, 0.3) is 0 Å². The lowest BCUT2D eigenvalue weighted by atomic mass is 10.2. The van der Waals surface area contributed by atoms with E-state index in [9.17, 15) is 4.39 Å². The van der Waals surface area contributed by atoms with Crippen molar-refractivity contribution in [1.29, 1.82) is 0 Å². The Hall–Kier alpha value is -1.94. The third kappa shape index (κ3) is 3.28. The summed E-state index contributed by atoms with van der Waals surface area (Å²) < 4.78 is 18.3. The number of rotatable bonds is 5. The number of halogens is 1. The number of ether oxygens (including phenoxy) is 1. The Labute approximate surface area is 106 Å². The molecule has 0 unspecified atom stereocenters. The molecule has 0 spiro atoms. The summed E-state index contributed by atoms with van der Waals surface area (Å²) in [5.41, 5.74) is 1.99. The molecule has 4 heteroatoms. The molecule has 3 nitrogen and oxygen atoms in total. The molecule has 0 aliphatic carbocycles. The first kappa shape index (κ1) is 12.5. The summed E-state index contributed by atoms with van der Waals surface area (Å²) in [5, 5.41) is 3.24. The van der Waals surface area contributed by atoms with Crippen molar-refractivity contribution in [3.63, 3.8) is 0 Å². The molecule has 1 N–H and O–H groups in total. The molecular weight excluding hydrogens is 231 g/mol. The summed E-state index contributed by atoms with van der Waals surface area (Å²) in [5.74, 6) is -0.0656. The molecule has 1 aromatic carbocycles. The number of hydrogen-bond acceptors (Lipinski definition) is 3. The largest absolute Gasteiger partial charge is 0.494 e. The predicted octanol–water partition coefficient (Wildman–Crippen LogP) is 2.52. The molecule has 0 atom stereocenters. The topological polar surface area (TPSA) is 34.1 Å². The van der Waals surface area contributed by atoms with E-state index in [0.29, 0.717) is 13.1 Å². The van der Waals surface area contributed by atoms with Gasteiger partial charge in [0.05, 0.1) is 7.11 Å². The smallest absolute Gasteiger partial charge is 0.165 e. The van der Waals surface area contributed by atoms with Crippen molar-refractivity contribution < 1.29 is 9.13 Å². The van der Waals surface area contributed by atoms with Gasteiger partial charge in [0.25, 0.3) is 0 Å². The summed E-state index contributed by atoms with van der Waals surface area (Å²) in [4.78, 5) is 4.03. The highest BCUT2D eigenvalue weighted by atomic mass is 19.1. The Morgan fingerprint density at radius 3 is 2.72 bits per heavy atom. The fourth-order valence-electron chi connectivity index (χ4n) is 1.67. The van der Waals surface area contributed by atoms with E-state index in [2.05, 4.69) is 10.3 Å². The Morgan fingerprint density at radius 2 is 2.06 bits per heavy atom. The average molecular weight is 246 g/mol. The van der Waals surface area contributed by atoms with Gasteiger partial charge < -0.3 is 10.1 Å². The van der Waals surface area contributed by atoms with E-state index in [-0.39, 0.29) is 11.6 Å². The summed E-state index contributed by atoms with van der Waals surface area (Å²) in [6.45, 7) is 1.32. The van der Waals surface area contributed by atoms with Crippen LogP contribution in [0.4, 0.5) is 4.39 Å². The SMILES string of the molecule is COc1ccc(CNCc2cccnc2)cc1F. The van der Waals surface area contributed by atoms with Crippen molar-refractivity contribution in [2.24, 2.45) is 0 Å². The molecule has 0 aliphatic heterocycles.